The molecular formula is C21H24N6O. The highest BCUT2D eigenvalue weighted by molar-refractivity contribution is 5.56. The lowest BCUT2D eigenvalue weighted by Gasteiger charge is -2.33. The zero-order chi connectivity index (χ0) is 19.3. The van der Waals surface area contributed by atoms with E-state index in [0.717, 1.165) is 42.4 Å². The first-order chi connectivity index (χ1) is 13.7. The van der Waals surface area contributed by atoms with Crippen LogP contribution in [0.15, 0.2) is 55.2 Å². The topological polar surface area (TPSA) is 67.3 Å². The van der Waals surface area contributed by atoms with Crippen molar-refractivity contribution < 1.29 is 4.74 Å². The van der Waals surface area contributed by atoms with Crippen LogP contribution in [0.4, 0.5) is 5.82 Å². The molecular weight excluding hydrogens is 352 g/mol. The van der Waals surface area contributed by atoms with Crippen LogP contribution in [-0.2, 0) is 11.3 Å². The second-order valence-electron chi connectivity index (χ2n) is 7.05. The number of aromatic nitrogens is 4. The molecule has 1 aliphatic heterocycles. The number of nitrogens with zero attached hydrogens (tertiary/aromatic N) is 6. The van der Waals surface area contributed by atoms with E-state index in [1.54, 1.807) is 12.4 Å². The Morgan fingerprint density at radius 1 is 1.14 bits per heavy atom. The number of rotatable bonds is 5. The lowest BCUT2D eigenvalue weighted by molar-refractivity contribution is -0.0349. The maximum atomic E-state index is 6.04. The number of morpholine rings is 1. The van der Waals surface area contributed by atoms with Crippen LogP contribution in [0.2, 0.25) is 0 Å². The maximum Gasteiger partial charge on any atom is 0.132 e. The van der Waals surface area contributed by atoms with E-state index in [-0.39, 0.29) is 6.10 Å². The van der Waals surface area contributed by atoms with E-state index in [4.69, 9.17) is 9.72 Å². The van der Waals surface area contributed by atoms with Gasteiger partial charge in [0, 0.05) is 63.4 Å². The van der Waals surface area contributed by atoms with Gasteiger partial charge in [0.1, 0.15) is 18.2 Å². The number of anilines is 1. The van der Waals surface area contributed by atoms with E-state index < -0.39 is 0 Å². The van der Waals surface area contributed by atoms with Gasteiger partial charge in [-0.25, -0.2) is 19.9 Å². The molecule has 0 aliphatic carbocycles. The summed E-state index contributed by atoms with van der Waals surface area (Å²) in [6, 6.07) is 10.1. The Kier molecular flexibility index (Phi) is 5.55. The summed E-state index contributed by atoms with van der Waals surface area (Å²) in [5.41, 5.74) is 3.92. The van der Waals surface area contributed by atoms with Gasteiger partial charge in [-0.05, 0) is 18.2 Å². The van der Waals surface area contributed by atoms with Crippen LogP contribution in [0, 0.1) is 0 Å². The molecule has 144 valence electrons. The summed E-state index contributed by atoms with van der Waals surface area (Å²) in [7, 11) is 4.05. The Hall–Kier alpha value is -2.90. The Bertz CT molecular complexity index is 918. The van der Waals surface area contributed by atoms with Crippen molar-refractivity contribution in [2.45, 2.75) is 12.6 Å². The average molecular weight is 376 g/mol. The van der Waals surface area contributed by atoms with Crippen LogP contribution in [0.1, 0.15) is 17.4 Å². The monoisotopic (exact) mass is 376 g/mol. The van der Waals surface area contributed by atoms with E-state index in [2.05, 4.69) is 30.8 Å². The number of hydrogen-bond donors (Lipinski definition) is 0. The van der Waals surface area contributed by atoms with E-state index in [1.165, 1.54) is 11.9 Å². The Labute approximate surface area is 165 Å². The Morgan fingerprint density at radius 2 is 2.00 bits per heavy atom. The molecule has 1 aliphatic rings. The van der Waals surface area contributed by atoms with Gasteiger partial charge in [-0.1, -0.05) is 12.1 Å². The van der Waals surface area contributed by atoms with Crippen molar-refractivity contribution in [1.29, 1.82) is 0 Å². The van der Waals surface area contributed by atoms with E-state index in [1.807, 2.05) is 44.6 Å². The van der Waals surface area contributed by atoms with Crippen molar-refractivity contribution in [3.63, 3.8) is 0 Å². The van der Waals surface area contributed by atoms with Crippen LogP contribution in [0.3, 0.4) is 0 Å². The van der Waals surface area contributed by atoms with Crippen molar-refractivity contribution in [2.24, 2.45) is 0 Å². The summed E-state index contributed by atoms with van der Waals surface area (Å²) >= 11 is 0. The van der Waals surface area contributed by atoms with Crippen LogP contribution < -0.4 is 4.90 Å². The van der Waals surface area contributed by atoms with E-state index in [0.29, 0.717) is 6.61 Å². The zero-order valence-electron chi connectivity index (χ0n) is 16.2. The molecule has 4 heterocycles. The smallest absolute Gasteiger partial charge is 0.132 e. The molecule has 0 amide bonds. The quantitative estimate of drug-likeness (QED) is 0.678. The van der Waals surface area contributed by atoms with Crippen molar-refractivity contribution in [1.82, 2.24) is 24.8 Å². The highest BCUT2D eigenvalue weighted by Gasteiger charge is 2.24. The fraction of sp³-hybridized carbons (Fsp3) is 0.333. The molecule has 3 aromatic heterocycles. The standard InChI is InChI=1S/C21H24N6O/c1-26(2)21-16(5-4-8-24-21)13-27-9-10-28-20(14-27)19-7-3-6-18(25-19)17-11-22-15-23-12-17/h3-8,11-12,15,20H,9-10,13-14H2,1-2H3/t20-/m0/s1. The molecule has 1 saturated heterocycles. The molecule has 4 rings (SSSR count). The summed E-state index contributed by atoms with van der Waals surface area (Å²) < 4.78 is 6.04. The first kappa shape index (κ1) is 18.5. The lowest BCUT2D eigenvalue weighted by atomic mass is 10.1. The highest BCUT2D eigenvalue weighted by atomic mass is 16.5. The van der Waals surface area contributed by atoms with Gasteiger partial charge in [0.2, 0.25) is 0 Å². The predicted molar refractivity (Wildman–Crippen MR) is 108 cm³/mol. The van der Waals surface area contributed by atoms with Crippen LogP contribution in [0.5, 0.6) is 0 Å². The molecule has 7 heteroatoms. The summed E-state index contributed by atoms with van der Waals surface area (Å²) in [4.78, 5) is 21.9. The second kappa shape index (κ2) is 8.41. The molecule has 28 heavy (non-hydrogen) atoms. The lowest BCUT2D eigenvalue weighted by Crippen LogP contribution is -2.38. The highest BCUT2D eigenvalue weighted by Crippen LogP contribution is 2.25. The summed E-state index contributed by atoms with van der Waals surface area (Å²) in [5, 5.41) is 0. The van der Waals surface area contributed by atoms with Gasteiger partial charge in [0.25, 0.3) is 0 Å². The maximum absolute atomic E-state index is 6.04. The molecule has 0 aromatic carbocycles. The van der Waals surface area contributed by atoms with Crippen molar-refractivity contribution in [3.8, 4) is 11.3 Å². The summed E-state index contributed by atoms with van der Waals surface area (Å²) in [5.74, 6) is 1.01. The predicted octanol–water partition coefficient (Wildman–Crippen LogP) is 2.57. The molecule has 0 N–H and O–H groups in total. The van der Waals surface area contributed by atoms with Crippen LogP contribution >= 0.6 is 0 Å². The Balaban J connectivity index is 1.50. The number of hydrogen-bond acceptors (Lipinski definition) is 7. The fourth-order valence-corrected chi connectivity index (χ4v) is 3.45. The molecule has 1 fully saturated rings. The molecule has 0 radical (unpaired) electrons. The van der Waals surface area contributed by atoms with Gasteiger partial charge in [-0.2, -0.15) is 0 Å². The molecule has 0 spiro atoms. The van der Waals surface area contributed by atoms with Crippen LogP contribution in [-0.4, -0.2) is 58.6 Å². The zero-order valence-corrected chi connectivity index (χ0v) is 16.2. The van der Waals surface area contributed by atoms with Gasteiger partial charge in [-0.15, -0.1) is 0 Å². The molecule has 7 nitrogen and oxygen atoms in total. The second-order valence-corrected chi connectivity index (χ2v) is 7.05. The van der Waals surface area contributed by atoms with Crippen molar-refractivity contribution in [2.75, 3.05) is 38.7 Å². The van der Waals surface area contributed by atoms with E-state index >= 15 is 0 Å². The van der Waals surface area contributed by atoms with Gasteiger partial charge in [0.05, 0.1) is 18.0 Å². The minimum Gasteiger partial charge on any atom is -0.369 e. The van der Waals surface area contributed by atoms with E-state index in [9.17, 15) is 0 Å². The first-order valence-electron chi connectivity index (χ1n) is 9.38. The number of pyridine rings is 2. The van der Waals surface area contributed by atoms with Crippen molar-refractivity contribution in [3.05, 3.63) is 66.5 Å². The summed E-state index contributed by atoms with van der Waals surface area (Å²) in [6.07, 6.45) is 6.86. The van der Waals surface area contributed by atoms with Gasteiger partial charge < -0.3 is 9.64 Å². The third kappa shape index (κ3) is 4.16. The van der Waals surface area contributed by atoms with Crippen molar-refractivity contribution >= 4 is 5.82 Å². The molecule has 0 saturated carbocycles. The number of ether oxygens (including phenoxy) is 1. The van der Waals surface area contributed by atoms with Crippen LogP contribution in [0.25, 0.3) is 11.3 Å². The van der Waals surface area contributed by atoms with Gasteiger partial charge in [-0.3, -0.25) is 4.90 Å². The Morgan fingerprint density at radius 3 is 2.82 bits per heavy atom. The summed E-state index contributed by atoms with van der Waals surface area (Å²) in [6.45, 7) is 3.21. The molecule has 0 bridgehead atoms. The third-order valence-electron chi connectivity index (χ3n) is 4.79. The minimum atomic E-state index is -0.0576. The minimum absolute atomic E-state index is 0.0576. The fourth-order valence-electron chi connectivity index (χ4n) is 3.45. The SMILES string of the molecule is CN(C)c1ncccc1CN1CCO[C@H](c2cccc(-c3cncnc3)n2)C1. The molecule has 3 aromatic rings. The molecule has 1 atom stereocenters. The third-order valence-corrected chi connectivity index (χ3v) is 4.79. The van der Waals surface area contributed by atoms with Gasteiger partial charge >= 0.3 is 0 Å². The first-order valence-corrected chi connectivity index (χ1v) is 9.38. The van der Waals surface area contributed by atoms with Gasteiger partial charge in [0.15, 0.2) is 0 Å². The normalized spacial score (nSPS) is 17.4. The largest absolute Gasteiger partial charge is 0.369 e. The average Bonchev–Trinajstić information content (AvgIpc) is 2.75. The molecule has 0 unspecified atom stereocenters.